The molecule has 1 rings (SSSR count). The number of hydrogen-bond donors (Lipinski definition) is 0. The molecule has 0 radical (unpaired) electrons. The molecule has 0 saturated carbocycles. The number of hydrogen-bond acceptors (Lipinski definition) is 2. The molecule has 0 saturated heterocycles. The zero-order valence-corrected chi connectivity index (χ0v) is 7.85. The van der Waals surface area contributed by atoms with Crippen LogP contribution in [0.4, 0.5) is 0 Å². The molecule has 0 spiro atoms. The molecule has 11 heavy (non-hydrogen) atoms. The second-order valence-corrected chi connectivity index (χ2v) is 4.42. The van der Waals surface area contributed by atoms with Gasteiger partial charge in [0.15, 0.2) is 5.90 Å². The average Bonchev–Trinajstić information content (AvgIpc) is 2.10. The first-order chi connectivity index (χ1) is 4.97. The van der Waals surface area contributed by atoms with E-state index < -0.39 is 0 Å². The van der Waals surface area contributed by atoms with Gasteiger partial charge in [-0.2, -0.15) is 0 Å². The Morgan fingerprint density at radius 3 is 2.55 bits per heavy atom. The second-order valence-electron chi connectivity index (χ2n) is 4.42. The van der Waals surface area contributed by atoms with E-state index >= 15 is 0 Å². The van der Waals surface area contributed by atoms with Crippen LogP contribution in [0.2, 0.25) is 0 Å². The third kappa shape index (κ3) is 2.91. The molecule has 64 valence electrons. The lowest BCUT2D eigenvalue weighted by atomic mass is 9.92. The summed E-state index contributed by atoms with van der Waals surface area (Å²) in [6, 6.07) is 0.368. The van der Waals surface area contributed by atoms with Crippen LogP contribution in [0.3, 0.4) is 0 Å². The lowest BCUT2D eigenvalue weighted by Crippen LogP contribution is -2.12. The lowest BCUT2D eigenvalue weighted by molar-refractivity contribution is 0.296. The summed E-state index contributed by atoms with van der Waals surface area (Å²) >= 11 is 0. The van der Waals surface area contributed by atoms with Gasteiger partial charge in [-0.25, -0.2) is 4.99 Å². The molecule has 0 unspecified atom stereocenters. The molecule has 1 aliphatic heterocycles. The lowest BCUT2D eigenvalue weighted by Gasteiger charge is -2.16. The maximum atomic E-state index is 5.39. The predicted molar refractivity (Wildman–Crippen MR) is 46.9 cm³/mol. The van der Waals surface area contributed by atoms with Crippen molar-refractivity contribution in [3.8, 4) is 0 Å². The van der Waals surface area contributed by atoms with Crippen LogP contribution in [-0.2, 0) is 4.74 Å². The maximum Gasteiger partial charge on any atom is 0.184 e. The Morgan fingerprint density at radius 2 is 2.18 bits per heavy atom. The number of nitrogens with zero attached hydrogens (tertiary/aromatic N) is 1. The number of aliphatic imine (C=N–C) groups is 1. The van der Waals surface area contributed by atoms with Gasteiger partial charge in [-0.3, -0.25) is 0 Å². The van der Waals surface area contributed by atoms with Crippen LogP contribution in [-0.4, -0.2) is 18.5 Å². The van der Waals surface area contributed by atoms with Crippen molar-refractivity contribution in [3.63, 3.8) is 0 Å². The largest absolute Gasteiger partial charge is 0.479 e. The summed E-state index contributed by atoms with van der Waals surface area (Å²) in [5.41, 5.74) is 0.295. The predicted octanol–water partition coefficient (Wildman–Crippen LogP) is 2.24. The van der Waals surface area contributed by atoms with Crippen molar-refractivity contribution >= 4 is 5.90 Å². The summed E-state index contributed by atoms with van der Waals surface area (Å²) in [5, 5.41) is 0. The van der Waals surface area contributed by atoms with E-state index in [1.807, 2.05) is 0 Å². The molecule has 0 fully saturated rings. The summed E-state index contributed by atoms with van der Waals surface area (Å²) < 4.78 is 5.39. The molecule has 1 heterocycles. The summed E-state index contributed by atoms with van der Waals surface area (Å²) in [6.45, 7) is 9.44. The highest BCUT2D eigenvalue weighted by Gasteiger charge is 2.20. The Hall–Kier alpha value is -0.530. The van der Waals surface area contributed by atoms with Crippen molar-refractivity contribution < 1.29 is 4.74 Å². The number of ether oxygens (including phenoxy) is 1. The highest BCUT2D eigenvalue weighted by atomic mass is 16.5. The van der Waals surface area contributed by atoms with E-state index in [0.717, 1.165) is 18.9 Å². The first-order valence-corrected chi connectivity index (χ1v) is 4.17. The van der Waals surface area contributed by atoms with Crippen LogP contribution in [0.1, 0.15) is 34.1 Å². The third-order valence-electron chi connectivity index (χ3n) is 1.54. The van der Waals surface area contributed by atoms with Crippen LogP contribution < -0.4 is 0 Å². The molecule has 0 aromatic carbocycles. The van der Waals surface area contributed by atoms with E-state index in [4.69, 9.17) is 4.74 Å². The van der Waals surface area contributed by atoms with Gasteiger partial charge in [0, 0.05) is 6.42 Å². The van der Waals surface area contributed by atoms with Gasteiger partial charge >= 0.3 is 0 Å². The summed E-state index contributed by atoms with van der Waals surface area (Å²) in [6.07, 6.45) is 0.956. The molecule has 0 aromatic rings. The van der Waals surface area contributed by atoms with Crippen molar-refractivity contribution in [1.82, 2.24) is 0 Å². The second kappa shape index (κ2) is 2.84. The third-order valence-corrected chi connectivity index (χ3v) is 1.54. The molecule has 2 nitrogen and oxygen atoms in total. The van der Waals surface area contributed by atoms with Crippen LogP contribution in [0.15, 0.2) is 4.99 Å². The summed E-state index contributed by atoms with van der Waals surface area (Å²) in [5.74, 6) is 0.935. The normalized spacial score (nSPS) is 24.7. The van der Waals surface area contributed by atoms with Crippen molar-refractivity contribution in [2.75, 3.05) is 6.61 Å². The monoisotopic (exact) mass is 155 g/mol. The standard InChI is InChI=1S/C9H17NO/c1-7-6-11-8(10-7)5-9(2,3)4/h7H,5-6H2,1-4H3/t7-/m1/s1. The molecular weight excluding hydrogens is 138 g/mol. The molecular formula is C9H17NO. The zero-order valence-electron chi connectivity index (χ0n) is 7.85. The van der Waals surface area contributed by atoms with Crippen LogP contribution in [0.5, 0.6) is 0 Å². The molecule has 0 aliphatic carbocycles. The summed E-state index contributed by atoms with van der Waals surface area (Å²) in [4.78, 5) is 4.37. The fourth-order valence-electron chi connectivity index (χ4n) is 1.09. The highest BCUT2D eigenvalue weighted by molar-refractivity contribution is 5.78. The van der Waals surface area contributed by atoms with Crippen molar-refractivity contribution in [3.05, 3.63) is 0 Å². The Morgan fingerprint density at radius 1 is 1.55 bits per heavy atom. The topological polar surface area (TPSA) is 21.6 Å². The Bertz CT molecular complexity index is 167. The minimum absolute atomic E-state index is 0.295. The average molecular weight is 155 g/mol. The van der Waals surface area contributed by atoms with Crippen molar-refractivity contribution in [2.45, 2.75) is 40.2 Å². The van der Waals surface area contributed by atoms with E-state index in [-0.39, 0.29) is 0 Å². The summed E-state index contributed by atoms with van der Waals surface area (Å²) in [7, 11) is 0. The molecule has 1 atom stereocenters. The van der Waals surface area contributed by atoms with Crippen molar-refractivity contribution in [1.29, 1.82) is 0 Å². The molecule has 0 aromatic heterocycles. The fourth-order valence-corrected chi connectivity index (χ4v) is 1.09. The quantitative estimate of drug-likeness (QED) is 0.569. The molecule has 0 N–H and O–H groups in total. The van der Waals surface area contributed by atoms with Gasteiger partial charge in [0.25, 0.3) is 0 Å². The zero-order chi connectivity index (χ0) is 8.48. The Balaban J connectivity index is 2.45. The molecule has 1 aliphatic rings. The van der Waals surface area contributed by atoms with Crippen LogP contribution >= 0.6 is 0 Å². The smallest absolute Gasteiger partial charge is 0.184 e. The van der Waals surface area contributed by atoms with E-state index in [0.29, 0.717) is 11.5 Å². The molecule has 0 amide bonds. The van der Waals surface area contributed by atoms with Gasteiger partial charge in [0.2, 0.25) is 0 Å². The maximum absolute atomic E-state index is 5.39. The van der Waals surface area contributed by atoms with Gasteiger partial charge in [-0.05, 0) is 12.3 Å². The van der Waals surface area contributed by atoms with Gasteiger partial charge in [-0.1, -0.05) is 20.8 Å². The van der Waals surface area contributed by atoms with E-state index in [9.17, 15) is 0 Å². The molecule has 2 heteroatoms. The number of rotatable bonds is 1. The van der Waals surface area contributed by atoms with E-state index in [1.54, 1.807) is 0 Å². The van der Waals surface area contributed by atoms with E-state index in [1.165, 1.54) is 0 Å². The Kier molecular flexibility index (Phi) is 2.21. The van der Waals surface area contributed by atoms with Crippen LogP contribution in [0.25, 0.3) is 0 Å². The highest BCUT2D eigenvalue weighted by Crippen LogP contribution is 2.21. The van der Waals surface area contributed by atoms with Crippen LogP contribution in [0, 0.1) is 5.41 Å². The van der Waals surface area contributed by atoms with E-state index in [2.05, 4.69) is 32.7 Å². The SMILES string of the molecule is C[C@@H]1COC(CC(C)(C)C)=N1. The minimum atomic E-state index is 0.295. The van der Waals surface area contributed by atoms with Gasteiger partial charge in [0.1, 0.15) is 6.61 Å². The Labute approximate surface area is 68.7 Å². The first-order valence-electron chi connectivity index (χ1n) is 4.17. The van der Waals surface area contributed by atoms with Gasteiger partial charge in [-0.15, -0.1) is 0 Å². The fraction of sp³-hybridized carbons (Fsp3) is 0.889. The minimum Gasteiger partial charge on any atom is -0.479 e. The van der Waals surface area contributed by atoms with Gasteiger partial charge in [0.05, 0.1) is 6.04 Å². The van der Waals surface area contributed by atoms with Crippen molar-refractivity contribution in [2.24, 2.45) is 10.4 Å². The van der Waals surface area contributed by atoms with Gasteiger partial charge < -0.3 is 4.74 Å². The molecule has 0 bridgehead atoms. The first kappa shape index (κ1) is 8.57.